The summed E-state index contributed by atoms with van der Waals surface area (Å²) in [6, 6.07) is 0. The molecule has 0 aromatic rings. The average molecular weight is 1060 g/mol. The maximum absolute atomic E-state index is 12.9. The molecular formula is C70H118O6. The fraction of sp³-hybridized carbons (Fsp3) is 0.700. The summed E-state index contributed by atoms with van der Waals surface area (Å²) in [5.41, 5.74) is 0. The van der Waals surface area contributed by atoms with E-state index in [0.717, 1.165) is 128 Å². The van der Waals surface area contributed by atoms with Crippen molar-refractivity contribution in [3.05, 3.63) is 109 Å². The Bertz CT molecular complexity index is 1540. The van der Waals surface area contributed by atoms with Crippen LogP contribution >= 0.6 is 0 Å². The lowest BCUT2D eigenvalue weighted by atomic mass is 10.1. The Balaban J connectivity index is 4.42. The van der Waals surface area contributed by atoms with Crippen molar-refractivity contribution in [1.29, 1.82) is 0 Å². The number of carbonyl (C=O) groups is 3. The van der Waals surface area contributed by atoms with E-state index >= 15 is 0 Å². The summed E-state index contributed by atoms with van der Waals surface area (Å²) in [7, 11) is 0. The molecule has 0 bridgehead atoms. The summed E-state index contributed by atoms with van der Waals surface area (Å²) < 4.78 is 16.9. The third-order valence-corrected chi connectivity index (χ3v) is 13.5. The minimum atomic E-state index is -0.793. The van der Waals surface area contributed by atoms with E-state index in [1.165, 1.54) is 128 Å². The van der Waals surface area contributed by atoms with Gasteiger partial charge in [-0.05, 0) is 122 Å². The standard InChI is InChI=1S/C70H118O6/c1-4-7-10-13-16-19-22-25-28-31-33-35-37-39-42-45-48-51-54-57-60-63-69(72)75-66-67(65-74-68(71)62-59-56-53-50-47-44-41-30-27-24-21-18-15-12-9-6-3)76-70(73)64-61-58-55-52-49-46-43-40-38-36-34-32-29-26-23-20-17-14-11-8-5-2/h7-8,10-11,16-17,19-20,25-26,28-30,33-36,41,67H,4-6,9,12-15,18,21-24,27,31-32,37-40,42-66H2,1-3H3/b10-7-,11-8-,19-16-,20-17-,28-25-,29-26-,35-33-,36-34-,41-30-. The van der Waals surface area contributed by atoms with Gasteiger partial charge in [-0.15, -0.1) is 0 Å². The first kappa shape index (κ1) is 72.1. The van der Waals surface area contributed by atoms with Crippen LogP contribution in [0.3, 0.4) is 0 Å². The molecular weight excluding hydrogens is 937 g/mol. The second kappa shape index (κ2) is 63.6. The molecule has 0 aliphatic rings. The van der Waals surface area contributed by atoms with Crippen LogP contribution in [0.15, 0.2) is 109 Å². The molecule has 6 nitrogen and oxygen atoms in total. The molecule has 0 radical (unpaired) electrons. The van der Waals surface area contributed by atoms with E-state index in [0.29, 0.717) is 19.3 Å². The zero-order valence-electron chi connectivity index (χ0n) is 49.7. The minimum Gasteiger partial charge on any atom is -0.462 e. The predicted octanol–water partition coefficient (Wildman–Crippen LogP) is 21.8. The minimum absolute atomic E-state index is 0.0885. The third kappa shape index (κ3) is 60.9. The van der Waals surface area contributed by atoms with E-state index in [-0.39, 0.29) is 31.1 Å². The SMILES string of the molecule is CC/C=C\C/C=C\C/C=C\C/C=C\CCCCCCCCCCC(=O)OCC(COC(=O)CCCCCCC/C=C\CCCCCCCCC)OC(=O)CCCCCCCCCC/C=C\C/C=C\C/C=C\C/C=C\CC. The largest absolute Gasteiger partial charge is 0.462 e. The Kier molecular flexibility index (Phi) is 60.3. The van der Waals surface area contributed by atoms with Crippen LogP contribution in [0.4, 0.5) is 0 Å². The van der Waals surface area contributed by atoms with Crippen molar-refractivity contribution in [1.82, 2.24) is 0 Å². The van der Waals surface area contributed by atoms with Crippen LogP contribution in [0.2, 0.25) is 0 Å². The van der Waals surface area contributed by atoms with E-state index in [4.69, 9.17) is 14.2 Å². The van der Waals surface area contributed by atoms with Crippen molar-refractivity contribution >= 4 is 17.9 Å². The Morgan fingerprint density at radius 1 is 0.276 bits per heavy atom. The predicted molar refractivity (Wildman–Crippen MR) is 330 cm³/mol. The molecule has 0 heterocycles. The molecule has 0 aliphatic carbocycles. The van der Waals surface area contributed by atoms with Gasteiger partial charge in [0, 0.05) is 19.3 Å². The highest BCUT2D eigenvalue weighted by molar-refractivity contribution is 5.71. The van der Waals surface area contributed by atoms with Gasteiger partial charge in [-0.2, -0.15) is 0 Å². The van der Waals surface area contributed by atoms with Crippen molar-refractivity contribution in [3.63, 3.8) is 0 Å². The van der Waals surface area contributed by atoms with Crippen LogP contribution < -0.4 is 0 Å². The van der Waals surface area contributed by atoms with Gasteiger partial charge in [-0.1, -0.05) is 265 Å². The molecule has 0 saturated carbocycles. The molecule has 0 N–H and O–H groups in total. The van der Waals surface area contributed by atoms with Gasteiger partial charge in [-0.3, -0.25) is 14.4 Å². The first-order chi connectivity index (χ1) is 37.5. The van der Waals surface area contributed by atoms with Crippen LogP contribution in [-0.2, 0) is 28.6 Å². The summed E-state index contributed by atoms with van der Waals surface area (Å²) in [5, 5.41) is 0. The van der Waals surface area contributed by atoms with Crippen molar-refractivity contribution in [3.8, 4) is 0 Å². The average Bonchev–Trinajstić information content (AvgIpc) is 3.42. The van der Waals surface area contributed by atoms with E-state index in [9.17, 15) is 14.4 Å². The molecule has 1 unspecified atom stereocenters. The van der Waals surface area contributed by atoms with Crippen LogP contribution in [0, 0.1) is 0 Å². The fourth-order valence-electron chi connectivity index (χ4n) is 8.77. The van der Waals surface area contributed by atoms with Gasteiger partial charge in [0.05, 0.1) is 0 Å². The molecule has 1 atom stereocenters. The summed E-state index contributed by atoms with van der Waals surface area (Å²) in [6.07, 6.45) is 86.5. The number of esters is 3. The summed E-state index contributed by atoms with van der Waals surface area (Å²) in [6.45, 7) is 6.41. The van der Waals surface area contributed by atoms with Gasteiger partial charge < -0.3 is 14.2 Å². The van der Waals surface area contributed by atoms with E-state index in [1.54, 1.807) is 0 Å². The number of rotatable bonds is 57. The molecule has 0 aromatic heterocycles. The number of allylic oxidation sites excluding steroid dienone is 18. The number of ether oxygens (including phenoxy) is 3. The first-order valence-electron chi connectivity index (χ1n) is 31.9. The van der Waals surface area contributed by atoms with Gasteiger partial charge in [-0.25, -0.2) is 0 Å². The topological polar surface area (TPSA) is 78.9 Å². The molecule has 0 saturated heterocycles. The van der Waals surface area contributed by atoms with Crippen LogP contribution in [0.5, 0.6) is 0 Å². The molecule has 0 rings (SSSR count). The molecule has 0 aromatic carbocycles. The molecule has 0 aliphatic heterocycles. The van der Waals surface area contributed by atoms with Gasteiger partial charge in [0.25, 0.3) is 0 Å². The molecule has 434 valence electrons. The zero-order valence-corrected chi connectivity index (χ0v) is 49.7. The molecule has 76 heavy (non-hydrogen) atoms. The molecule has 0 amide bonds. The van der Waals surface area contributed by atoms with Crippen molar-refractivity contribution in [2.24, 2.45) is 0 Å². The highest BCUT2D eigenvalue weighted by atomic mass is 16.6. The Morgan fingerprint density at radius 2 is 0.513 bits per heavy atom. The molecule has 0 fully saturated rings. The monoisotopic (exact) mass is 1050 g/mol. The number of hydrogen-bond donors (Lipinski definition) is 0. The van der Waals surface area contributed by atoms with Crippen molar-refractivity contribution < 1.29 is 28.6 Å². The van der Waals surface area contributed by atoms with Crippen LogP contribution in [0.25, 0.3) is 0 Å². The zero-order chi connectivity index (χ0) is 55.0. The van der Waals surface area contributed by atoms with Crippen molar-refractivity contribution in [2.75, 3.05) is 13.2 Å². The lowest BCUT2D eigenvalue weighted by Gasteiger charge is -2.18. The van der Waals surface area contributed by atoms with E-state index in [2.05, 4.69) is 130 Å². The quantitative estimate of drug-likeness (QED) is 0.0261. The normalized spacial score (nSPS) is 12.8. The lowest BCUT2D eigenvalue weighted by Crippen LogP contribution is -2.30. The third-order valence-electron chi connectivity index (χ3n) is 13.5. The first-order valence-corrected chi connectivity index (χ1v) is 31.9. The number of hydrogen-bond acceptors (Lipinski definition) is 6. The Labute approximate surface area is 470 Å². The van der Waals surface area contributed by atoms with Crippen LogP contribution in [0.1, 0.15) is 297 Å². The van der Waals surface area contributed by atoms with Crippen LogP contribution in [-0.4, -0.2) is 37.2 Å². The smallest absolute Gasteiger partial charge is 0.306 e. The lowest BCUT2D eigenvalue weighted by molar-refractivity contribution is -0.167. The summed E-state index contributed by atoms with van der Waals surface area (Å²) in [4.78, 5) is 38.4. The Morgan fingerprint density at radius 3 is 0.816 bits per heavy atom. The van der Waals surface area contributed by atoms with Gasteiger partial charge >= 0.3 is 17.9 Å². The van der Waals surface area contributed by atoms with Crippen molar-refractivity contribution in [2.45, 2.75) is 303 Å². The highest BCUT2D eigenvalue weighted by Crippen LogP contribution is 2.15. The highest BCUT2D eigenvalue weighted by Gasteiger charge is 2.19. The van der Waals surface area contributed by atoms with Gasteiger partial charge in [0.1, 0.15) is 13.2 Å². The molecule has 0 spiro atoms. The second-order valence-electron chi connectivity index (χ2n) is 20.9. The van der Waals surface area contributed by atoms with Gasteiger partial charge in [0.2, 0.25) is 0 Å². The Hall–Kier alpha value is -3.93. The van der Waals surface area contributed by atoms with Gasteiger partial charge in [0.15, 0.2) is 6.10 Å². The van der Waals surface area contributed by atoms with E-state index < -0.39 is 6.10 Å². The molecule has 6 heteroatoms. The summed E-state index contributed by atoms with van der Waals surface area (Å²) >= 11 is 0. The number of carbonyl (C=O) groups excluding carboxylic acids is 3. The number of unbranched alkanes of at least 4 members (excludes halogenated alkanes) is 28. The van der Waals surface area contributed by atoms with E-state index in [1.807, 2.05) is 0 Å². The fourth-order valence-corrected chi connectivity index (χ4v) is 8.77. The maximum atomic E-state index is 12.9. The maximum Gasteiger partial charge on any atom is 0.306 e. The summed E-state index contributed by atoms with van der Waals surface area (Å²) in [5.74, 6) is -0.904. The second-order valence-corrected chi connectivity index (χ2v) is 20.9.